The first-order valence-corrected chi connectivity index (χ1v) is 5.31. The molecule has 1 atom stereocenters. The average Bonchev–Trinajstić information content (AvgIpc) is 2.55. The van der Waals surface area contributed by atoms with Gasteiger partial charge in [0.2, 0.25) is 0 Å². The van der Waals surface area contributed by atoms with Crippen molar-refractivity contribution >= 4 is 0 Å². The molecule has 1 N–H and O–H groups in total. The van der Waals surface area contributed by atoms with Crippen LogP contribution in [-0.4, -0.2) is 20.8 Å². The van der Waals surface area contributed by atoms with E-state index >= 15 is 0 Å². The molecule has 0 aliphatic rings. The summed E-state index contributed by atoms with van der Waals surface area (Å²) < 4.78 is 2.13. The van der Waals surface area contributed by atoms with E-state index in [-0.39, 0.29) is 0 Å². The second-order valence-electron chi connectivity index (χ2n) is 3.60. The largest absolute Gasteiger partial charge is 0.314 e. The molecule has 0 aliphatic carbocycles. The Hall–Kier alpha value is -0.900. The molecule has 0 fully saturated rings. The molecule has 0 saturated carbocycles. The van der Waals surface area contributed by atoms with Crippen LogP contribution in [0.4, 0.5) is 0 Å². The Labute approximate surface area is 85.7 Å². The van der Waals surface area contributed by atoms with E-state index in [0.717, 1.165) is 31.2 Å². The van der Waals surface area contributed by atoms with Gasteiger partial charge in [0, 0.05) is 12.6 Å². The quantitative estimate of drug-likeness (QED) is 0.776. The summed E-state index contributed by atoms with van der Waals surface area (Å²) in [6.45, 7) is 10.2. The van der Waals surface area contributed by atoms with Crippen molar-refractivity contribution in [3.05, 3.63) is 11.6 Å². The summed E-state index contributed by atoms with van der Waals surface area (Å²) in [4.78, 5) is 0. The number of rotatable bonds is 5. The number of nitrogens with zero attached hydrogens (tertiary/aromatic N) is 3. The standard InChI is InChI=1S/C10H20N4/c1-5-8(3)11-7-10-13-12-9(4)14(10)6-2/h8,11H,5-7H2,1-4H3. The smallest absolute Gasteiger partial charge is 0.146 e. The molecule has 4 heteroatoms. The van der Waals surface area contributed by atoms with Gasteiger partial charge in [-0.2, -0.15) is 0 Å². The molecule has 1 rings (SSSR count). The summed E-state index contributed by atoms with van der Waals surface area (Å²) in [6.07, 6.45) is 1.14. The summed E-state index contributed by atoms with van der Waals surface area (Å²) in [5, 5.41) is 11.6. The van der Waals surface area contributed by atoms with Gasteiger partial charge in [-0.25, -0.2) is 0 Å². The van der Waals surface area contributed by atoms with Gasteiger partial charge in [-0.05, 0) is 27.2 Å². The molecule has 14 heavy (non-hydrogen) atoms. The van der Waals surface area contributed by atoms with E-state index in [1.54, 1.807) is 0 Å². The first-order valence-electron chi connectivity index (χ1n) is 5.31. The Morgan fingerprint density at radius 1 is 1.36 bits per heavy atom. The van der Waals surface area contributed by atoms with Crippen molar-refractivity contribution in [1.29, 1.82) is 0 Å². The minimum atomic E-state index is 0.539. The van der Waals surface area contributed by atoms with Crippen LogP contribution in [0, 0.1) is 6.92 Å². The zero-order valence-corrected chi connectivity index (χ0v) is 9.54. The number of hydrogen-bond donors (Lipinski definition) is 1. The fourth-order valence-electron chi connectivity index (χ4n) is 1.38. The maximum atomic E-state index is 4.14. The average molecular weight is 196 g/mol. The number of aromatic nitrogens is 3. The van der Waals surface area contributed by atoms with Crippen LogP contribution in [0.2, 0.25) is 0 Å². The molecule has 80 valence electrons. The van der Waals surface area contributed by atoms with Crippen molar-refractivity contribution < 1.29 is 0 Å². The van der Waals surface area contributed by atoms with Gasteiger partial charge in [0.25, 0.3) is 0 Å². The van der Waals surface area contributed by atoms with Crippen molar-refractivity contribution in [2.24, 2.45) is 0 Å². The summed E-state index contributed by atoms with van der Waals surface area (Å²) in [5.41, 5.74) is 0. The molecule has 0 amide bonds. The maximum absolute atomic E-state index is 4.14. The molecule has 1 aromatic heterocycles. The maximum Gasteiger partial charge on any atom is 0.146 e. The second-order valence-corrected chi connectivity index (χ2v) is 3.60. The van der Waals surface area contributed by atoms with Crippen LogP contribution in [-0.2, 0) is 13.1 Å². The van der Waals surface area contributed by atoms with Crippen LogP contribution in [0.1, 0.15) is 38.8 Å². The van der Waals surface area contributed by atoms with Crippen molar-refractivity contribution in [1.82, 2.24) is 20.1 Å². The van der Waals surface area contributed by atoms with Crippen LogP contribution in [0.5, 0.6) is 0 Å². The van der Waals surface area contributed by atoms with Gasteiger partial charge in [0.15, 0.2) is 0 Å². The summed E-state index contributed by atoms with van der Waals surface area (Å²) in [5.74, 6) is 2.03. The lowest BCUT2D eigenvalue weighted by molar-refractivity contribution is 0.508. The zero-order valence-electron chi connectivity index (χ0n) is 9.54. The number of aryl methyl sites for hydroxylation is 1. The highest BCUT2D eigenvalue weighted by atomic mass is 15.3. The summed E-state index contributed by atoms with van der Waals surface area (Å²) >= 11 is 0. The van der Waals surface area contributed by atoms with E-state index < -0.39 is 0 Å². The lowest BCUT2D eigenvalue weighted by atomic mass is 10.2. The normalized spacial score (nSPS) is 13.1. The lowest BCUT2D eigenvalue weighted by Gasteiger charge is -2.11. The fraction of sp³-hybridized carbons (Fsp3) is 0.800. The van der Waals surface area contributed by atoms with Crippen molar-refractivity contribution in [3.8, 4) is 0 Å². The third kappa shape index (κ3) is 2.54. The Bertz CT molecular complexity index is 280. The van der Waals surface area contributed by atoms with Crippen LogP contribution in [0.3, 0.4) is 0 Å². The summed E-state index contributed by atoms with van der Waals surface area (Å²) in [7, 11) is 0. The molecule has 0 saturated heterocycles. The fourth-order valence-corrected chi connectivity index (χ4v) is 1.38. The highest BCUT2D eigenvalue weighted by molar-refractivity contribution is 4.93. The third-order valence-corrected chi connectivity index (χ3v) is 2.55. The Balaban J connectivity index is 2.58. The molecule has 1 aromatic rings. The van der Waals surface area contributed by atoms with E-state index in [4.69, 9.17) is 0 Å². The monoisotopic (exact) mass is 196 g/mol. The first-order chi connectivity index (χ1) is 6.69. The van der Waals surface area contributed by atoms with Crippen molar-refractivity contribution in [3.63, 3.8) is 0 Å². The number of hydrogen-bond acceptors (Lipinski definition) is 3. The molecule has 0 radical (unpaired) electrons. The first kappa shape index (κ1) is 11.2. The third-order valence-electron chi connectivity index (χ3n) is 2.55. The molecular formula is C10H20N4. The van der Waals surface area contributed by atoms with Gasteiger partial charge < -0.3 is 9.88 Å². The molecular weight excluding hydrogens is 176 g/mol. The van der Waals surface area contributed by atoms with Crippen LogP contribution < -0.4 is 5.32 Å². The molecule has 0 aliphatic heterocycles. The van der Waals surface area contributed by atoms with E-state index in [2.05, 4.69) is 40.9 Å². The zero-order chi connectivity index (χ0) is 10.6. The molecule has 0 spiro atoms. The molecule has 0 aromatic carbocycles. The number of nitrogens with one attached hydrogen (secondary N) is 1. The van der Waals surface area contributed by atoms with Crippen molar-refractivity contribution in [2.45, 2.75) is 53.2 Å². The summed E-state index contributed by atoms with van der Waals surface area (Å²) in [6, 6.07) is 0.539. The van der Waals surface area contributed by atoms with E-state index in [1.807, 2.05) is 6.92 Å². The predicted molar refractivity (Wildman–Crippen MR) is 57.0 cm³/mol. The van der Waals surface area contributed by atoms with Gasteiger partial charge in [0.1, 0.15) is 11.6 Å². The Morgan fingerprint density at radius 2 is 2.07 bits per heavy atom. The minimum Gasteiger partial charge on any atom is -0.314 e. The van der Waals surface area contributed by atoms with Crippen LogP contribution in [0.15, 0.2) is 0 Å². The Morgan fingerprint density at radius 3 is 2.64 bits per heavy atom. The SMILES string of the molecule is CCC(C)NCc1nnc(C)n1CC. The molecule has 0 bridgehead atoms. The van der Waals surface area contributed by atoms with Crippen LogP contribution >= 0.6 is 0 Å². The predicted octanol–water partition coefficient (Wildman–Crippen LogP) is 1.49. The van der Waals surface area contributed by atoms with Gasteiger partial charge >= 0.3 is 0 Å². The molecule has 1 heterocycles. The molecule has 1 unspecified atom stereocenters. The Kier molecular flexibility index (Phi) is 4.07. The highest BCUT2D eigenvalue weighted by Crippen LogP contribution is 2.01. The van der Waals surface area contributed by atoms with Crippen LogP contribution in [0.25, 0.3) is 0 Å². The van der Waals surface area contributed by atoms with Gasteiger partial charge in [-0.1, -0.05) is 6.92 Å². The van der Waals surface area contributed by atoms with E-state index in [0.29, 0.717) is 6.04 Å². The van der Waals surface area contributed by atoms with Crippen molar-refractivity contribution in [2.75, 3.05) is 0 Å². The highest BCUT2D eigenvalue weighted by Gasteiger charge is 2.07. The molecule has 4 nitrogen and oxygen atoms in total. The minimum absolute atomic E-state index is 0.539. The van der Waals surface area contributed by atoms with Gasteiger partial charge in [-0.15, -0.1) is 10.2 Å². The van der Waals surface area contributed by atoms with Gasteiger partial charge in [0.05, 0.1) is 6.54 Å². The van der Waals surface area contributed by atoms with E-state index in [1.165, 1.54) is 0 Å². The van der Waals surface area contributed by atoms with E-state index in [9.17, 15) is 0 Å². The van der Waals surface area contributed by atoms with Gasteiger partial charge in [-0.3, -0.25) is 0 Å². The second kappa shape index (κ2) is 5.10. The lowest BCUT2D eigenvalue weighted by Crippen LogP contribution is -2.26. The topological polar surface area (TPSA) is 42.7 Å².